The van der Waals surface area contributed by atoms with E-state index in [0.29, 0.717) is 24.6 Å². The lowest BCUT2D eigenvalue weighted by Gasteiger charge is -2.07. The summed E-state index contributed by atoms with van der Waals surface area (Å²) in [5.41, 5.74) is 1.78. The van der Waals surface area contributed by atoms with Crippen LogP contribution in [0.3, 0.4) is 0 Å². The van der Waals surface area contributed by atoms with E-state index in [1.165, 1.54) is 0 Å². The Kier molecular flexibility index (Phi) is 5.35. The van der Waals surface area contributed by atoms with Gasteiger partial charge in [-0.3, -0.25) is 0 Å². The Morgan fingerprint density at radius 1 is 1.24 bits per heavy atom. The first-order valence-corrected chi connectivity index (χ1v) is 8.68. The van der Waals surface area contributed by atoms with E-state index in [1.807, 2.05) is 48.7 Å². The molecule has 0 spiro atoms. The summed E-state index contributed by atoms with van der Waals surface area (Å²) in [6, 6.07) is 11.0. The van der Waals surface area contributed by atoms with Gasteiger partial charge in [0.05, 0.1) is 18.7 Å². The molecule has 0 aliphatic rings. The molecule has 7 heteroatoms. The molecule has 3 rings (SSSR count). The first-order valence-electron chi connectivity index (χ1n) is 7.80. The Hall–Kier alpha value is -2.80. The van der Waals surface area contributed by atoms with Crippen molar-refractivity contribution in [2.24, 2.45) is 0 Å². The molecule has 2 amide bonds. The predicted octanol–water partition coefficient (Wildman–Crippen LogP) is 3.72. The Morgan fingerprint density at radius 2 is 2.08 bits per heavy atom. The molecule has 0 fully saturated rings. The van der Waals surface area contributed by atoms with Crippen molar-refractivity contribution < 1.29 is 13.9 Å². The number of hydrogen-bond donors (Lipinski definition) is 2. The number of furan rings is 1. The summed E-state index contributed by atoms with van der Waals surface area (Å²) >= 11 is 1.57. The lowest BCUT2D eigenvalue weighted by atomic mass is 10.2. The molecule has 130 valence electrons. The van der Waals surface area contributed by atoms with Crippen LogP contribution in [-0.4, -0.2) is 18.1 Å². The molecule has 1 aromatic carbocycles. The van der Waals surface area contributed by atoms with Crippen LogP contribution in [0.2, 0.25) is 0 Å². The molecule has 6 nitrogen and oxygen atoms in total. The highest BCUT2D eigenvalue weighted by Crippen LogP contribution is 2.23. The van der Waals surface area contributed by atoms with Gasteiger partial charge in [-0.15, -0.1) is 11.3 Å². The van der Waals surface area contributed by atoms with E-state index in [0.717, 1.165) is 22.0 Å². The number of methoxy groups -OCH3 is 1. The van der Waals surface area contributed by atoms with E-state index < -0.39 is 0 Å². The largest absolute Gasteiger partial charge is 0.497 e. The minimum Gasteiger partial charge on any atom is -0.497 e. The highest BCUT2D eigenvalue weighted by atomic mass is 32.1. The summed E-state index contributed by atoms with van der Waals surface area (Å²) in [7, 11) is 1.61. The minimum absolute atomic E-state index is 0.259. The van der Waals surface area contributed by atoms with Crippen molar-refractivity contribution >= 4 is 17.4 Å². The third kappa shape index (κ3) is 4.60. The molecule has 0 radical (unpaired) electrons. The first kappa shape index (κ1) is 17.0. The molecule has 2 heterocycles. The highest BCUT2D eigenvalue weighted by molar-refractivity contribution is 7.09. The number of carbonyl (C=O) groups is 1. The third-order valence-electron chi connectivity index (χ3n) is 3.54. The molecule has 3 aromatic rings. The molecule has 0 saturated carbocycles. The zero-order valence-corrected chi connectivity index (χ0v) is 14.9. The number of amides is 2. The lowest BCUT2D eigenvalue weighted by Crippen LogP contribution is -2.34. The Labute approximate surface area is 149 Å². The third-order valence-corrected chi connectivity index (χ3v) is 4.32. The van der Waals surface area contributed by atoms with Crippen molar-refractivity contribution in [1.82, 2.24) is 15.6 Å². The second-order valence-electron chi connectivity index (χ2n) is 5.41. The number of aromatic nitrogens is 1. The summed E-state index contributed by atoms with van der Waals surface area (Å²) in [4.78, 5) is 16.3. The van der Waals surface area contributed by atoms with Crippen LogP contribution in [-0.2, 0) is 13.1 Å². The smallest absolute Gasteiger partial charge is 0.315 e. The zero-order valence-electron chi connectivity index (χ0n) is 14.0. The summed E-state index contributed by atoms with van der Waals surface area (Å²) in [5, 5.41) is 8.52. The number of benzene rings is 1. The van der Waals surface area contributed by atoms with Gasteiger partial charge in [0, 0.05) is 11.9 Å². The predicted molar refractivity (Wildman–Crippen MR) is 96.6 cm³/mol. The van der Waals surface area contributed by atoms with Gasteiger partial charge in [-0.2, -0.15) is 0 Å². The van der Waals surface area contributed by atoms with Gasteiger partial charge in [0.25, 0.3) is 0 Å². The van der Waals surface area contributed by atoms with E-state index in [2.05, 4.69) is 15.6 Å². The molecular weight excluding hydrogens is 338 g/mol. The molecule has 0 aliphatic heterocycles. The summed E-state index contributed by atoms with van der Waals surface area (Å²) in [6.45, 7) is 2.68. The lowest BCUT2D eigenvalue weighted by molar-refractivity contribution is 0.239. The number of thiazole rings is 1. The fourth-order valence-electron chi connectivity index (χ4n) is 2.28. The standard InChI is InChI=1S/C18H19N3O3S/c1-12-21-16(11-25-12)17-7-6-15(24-17)10-20-18(22)19-9-13-4-3-5-14(8-13)23-2/h3-8,11H,9-10H2,1-2H3,(H2,19,20,22). The average molecular weight is 357 g/mol. The highest BCUT2D eigenvalue weighted by Gasteiger charge is 2.09. The van der Waals surface area contributed by atoms with E-state index in [9.17, 15) is 4.79 Å². The van der Waals surface area contributed by atoms with E-state index in [-0.39, 0.29) is 6.03 Å². The number of urea groups is 1. The zero-order chi connectivity index (χ0) is 17.6. The fraction of sp³-hybridized carbons (Fsp3) is 0.222. The van der Waals surface area contributed by atoms with Crippen molar-refractivity contribution in [1.29, 1.82) is 0 Å². The van der Waals surface area contributed by atoms with E-state index in [1.54, 1.807) is 18.4 Å². The van der Waals surface area contributed by atoms with Crippen molar-refractivity contribution in [3.8, 4) is 17.2 Å². The maximum absolute atomic E-state index is 11.9. The fourth-order valence-corrected chi connectivity index (χ4v) is 2.88. The molecule has 2 aromatic heterocycles. The Balaban J connectivity index is 1.48. The Bertz CT molecular complexity index is 857. The van der Waals surface area contributed by atoms with Gasteiger partial charge in [0.1, 0.15) is 17.2 Å². The van der Waals surface area contributed by atoms with Gasteiger partial charge < -0.3 is 19.8 Å². The van der Waals surface area contributed by atoms with E-state index >= 15 is 0 Å². The molecule has 2 N–H and O–H groups in total. The van der Waals surface area contributed by atoms with Crippen molar-refractivity contribution in [3.63, 3.8) is 0 Å². The van der Waals surface area contributed by atoms with Crippen LogP contribution in [0, 0.1) is 6.92 Å². The monoisotopic (exact) mass is 357 g/mol. The SMILES string of the molecule is COc1cccc(CNC(=O)NCc2ccc(-c3csc(C)n3)o2)c1. The van der Waals surface area contributed by atoms with Gasteiger partial charge in [0.15, 0.2) is 5.76 Å². The van der Waals surface area contributed by atoms with Crippen LogP contribution in [0.25, 0.3) is 11.5 Å². The average Bonchev–Trinajstić information content (AvgIpc) is 3.27. The second-order valence-corrected chi connectivity index (χ2v) is 6.47. The number of hydrogen-bond acceptors (Lipinski definition) is 5. The molecular formula is C18H19N3O3S. The van der Waals surface area contributed by atoms with Crippen LogP contribution in [0.4, 0.5) is 4.79 Å². The summed E-state index contributed by atoms with van der Waals surface area (Å²) in [6.07, 6.45) is 0. The number of nitrogens with zero attached hydrogens (tertiary/aromatic N) is 1. The Morgan fingerprint density at radius 3 is 2.84 bits per heavy atom. The van der Waals surface area contributed by atoms with Crippen molar-refractivity contribution in [2.45, 2.75) is 20.0 Å². The molecule has 0 atom stereocenters. The number of rotatable bonds is 6. The van der Waals surface area contributed by atoms with Crippen LogP contribution in [0.5, 0.6) is 5.75 Å². The van der Waals surface area contributed by atoms with Crippen LogP contribution in [0.1, 0.15) is 16.3 Å². The molecule has 25 heavy (non-hydrogen) atoms. The van der Waals surface area contributed by atoms with Gasteiger partial charge in [-0.25, -0.2) is 9.78 Å². The molecule has 0 saturated heterocycles. The van der Waals surface area contributed by atoms with Crippen molar-refractivity contribution in [2.75, 3.05) is 7.11 Å². The summed E-state index contributed by atoms with van der Waals surface area (Å²) in [5.74, 6) is 2.15. The normalized spacial score (nSPS) is 10.5. The van der Waals surface area contributed by atoms with Gasteiger partial charge in [0.2, 0.25) is 0 Å². The van der Waals surface area contributed by atoms with Gasteiger partial charge >= 0.3 is 6.03 Å². The van der Waals surface area contributed by atoms with E-state index in [4.69, 9.17) is 9.15 Å². The second kappa shape index (κ2) is 7.85. The minimum atomic E-state index is -0.259. The first-order chi connectivity index (χ1) is 12.1. The number of aryl methyl sites for hydroxylation is 1. The van der Waals surface area contributed by atoms with Crippen LogP contribution >= 0.6 is 11.3 Å². The number of ether oxygens (including phenoxy) is 1. The maximum atomic E-state index is 11.9. The van der Waals surface area contributed by atoms with Crippen molar-refractivity contribution in [3.05, 3.63) is 58.1 Å². The quantitative estimate of drug-likeness (QED) is 0.705. The molecule has 0 aliphatic carbocycles. The molecule has 0 bridgehead atoms. The van der Waals surface area contributed by atoms with Gasteiger partial charge in [-0.1, -0.05) is 12.1 Å². The van der Waals surface area contributed by atoms with Gasteiger partial charge in [-0.05, 0) is 36.8 Å². The topological polar surface area (TPSA) is 76.4 Å². The maximum Gasteiger partial charge on any atom is 0.315 e. The van der Waals surface area contributed by atoms with Crippen LogP contribution in [0.15, 0.2) is 46.2 Å². The molecule has 0 unspecified atom stereocenters. The summed E-state index contributed by atoms with van der Waals surface area (Å²) < 4.78 is 10.9. The number of carbonyl (C=O) groups excluding carboxylic acids is 1. The van der Waals surface area contributed by atoms with Crippen LogP contribution < -0.4 is 15.4 Å². The number of nitrogens with one attached hydrogen (secondary N) is 2.